The van der Waals surface area contributed by atoms with Gasteiger partial charge in [-0.25, -0.2) is 49.8 Å². The van der Waals surface area contributed by atoms with Crippen molar-refractivity contribution in [1.82, 2.24) is 49.8 Å². The lowest BCUT2D eigenvalue weighted by Gasteiger charge is -2.10. The van der Waals surface area contributed by atoms with Crippen LogP contribution in [0.25, 0.3) is 228 Å². The third-order valence-corrected chi connectivity index (χ3v) is 25.5. The summed E-state index contributed by atoms with van der Waals surface area (Å²) >= 11 is 7.08. The van der Waals surface area contributed by atoms with E-state index in [1.54, 1.807) is 34.0 Å². The number of hydrogen-bond acceptors (Lipinski definition) is 14. The highest BCUT2D eigenvalue weighted by molar-refractivity contribution is 7.27. The van der Waals surface area contributed by atoms with Crippen molar-refractivity contribution in [2.75, 3.05) is 0 Å². The van der Waals surface area contributed by atoms with Gasteiger partial charge in [-0.15, -0.1) is 45.3 Å². The second-order valence-electron chi connectivity index (χ2n) is 27.7. The summed E-state index contributed by atoms with van der Waals surface area (Å²) in [5.41, 5.74) is 19.9. The molecule has 112 heavy (non-hydrogen) atoms. The van der Waals surface area contributed by atoms with Gasteiger partial charge in [0.1, 0.15) is 0 Å². The number of hydrogen-bond donors (Lipinski definition) is 0. The van der Waals surface area contributed by atoms with Crippen LogP contribution in [0, 0.1) is 0 Å². The number of thiophene rings is 4. The van der Waals surface area contributed by atoms with Gasteiger partial charge < -0.3 is 0 Å². The van der Waals surface area contributed by atoms with E-state index in [-0.39, 0.29) is 0 Å². The molecule has 0 aliphatic heterocycles. The zero-order valence-electron chi connectivity index (χ0n) is 59.4. The molecule has 0 atom stereocenters. The third-order valence-electron chi connectivity index (χ3n) is 20.9. The molecule has 10 nitrogen and oxygen atoms in total. The molecule has 8 aromatic heterocycles. The molecule has 0 spiro atoms. The number of fused-ring (bicyclic) bond motifs is 12. The maximum Gasteiger partial charge on any atom is 0.164 e. The van der Waals surface area contributed by atoms with Crippen molar-refractivity contribution in [2.45, 2.75) is 0 Å². The Labute approximate surface area is 657 Å². The first-order valence-corrected chi connectivity index (χ1v) is 40.2. The molecule has 0 fully saturated rings. The average Bonchev–Trinajstić information content (AvgIpc) is 1.58. The Morgan fingerprint density at radius 1 is 0.161 bits per heavy atom. The average molecular weight is 1500 g/mol. The quantitative estimate of drug-likeness (QED) is 0.110. The van der Waals surface area contributed by atoms with Gasteiger partial charge in [0, 0.05) is 116 Å². The lowest BCUT2D eigenvalue weighted by molar-refractivity contribution is 1.07. The molecule has 14 aromatic carbocycles. The van der Waals surface area contributed by atoms with Crippen molar-refractivity contribution >= 4 is 126 Å². The van der Waals surface area contributed by atoms with E-state index in [2.05, 4.69) is 212 Å². The number of nitrogens with zero attached hydrogens (tertiary/aromatic N) is 10. The lowest BCUT2D eigenvalue weighted by Crippen LogP contribution is -2.00. The van der Waals surface area contributed by atoms with Crippen molar-refractivity contribution in [1.29, 1.82) is 0 Å². The summed E-state index contributed by atoms with van der Waals surface area (Å²) in [7, 11) is 0. The van der Waals surface area contributed by atoms with E-state index in [4.69, 9.17) is 49.8 Å². The van der Waals surface area contributed by atoms with Gasteiger partial charge >= 0.3 is 0 Å². The van der Waals surface area contributed by atoms with Crippen LogP contribution in [-0.4, -0.2) is 49.8 Å². The molecule has 8 heterocycles. The molecule has 14 heteroatoms. The van der Waals surface area contributed by atoms with Crippen LogP contribution in [0.1, 0.15) is 0 Å². The fraction of sp³-hybridized carbons (Fsp3) is 0. The van der Waals surface area contributed by atoms with Gasteiger partial charge in [0.2, 0.25) is 0 Å². The standard InChI is InChI=1S/C98H56N10S4/c1-6-21-61(22-7-1)91-99-85(60-45-41-58(42-46-60)72-35-19-36-73-76-55-69(49-52-79(76)110-88(72)73)97-105-92(62-23-8-2-9-24-62)103-93(106-97)63-25-10-3-11-26-63)90-87(102-91)77-54-67(48-51-80(77)112-90)66-31-18-32-68(53-66)96-100-84(89-86(101-96)75-33-16-17-37-78(75)111-89)59-43-39-57(40-44-59)71-34-20-38-81-83(71)74-50-47-70(56-82(74)109-81)98-107-94(64-27-12-4-13-28-64)104-95(108-98)65-29-14-5-15-30-65/h1-56H. The first-order chi connectivity index (χ1) is 55.4. The minimum Gasteiger partial charge on any atom is -0.226 e. The van der Waals surface area contributed by atoms with Crippen LogP contribution in [0.4, 0.5) is 0 Å². The number of benzene rings is 14. The fourth-order valence-corrected chi connectivity index (χ4v) is 20.0. The van der Waals surface area contributed by atoms with E-state index in [0.29, 0.717) is 46.6 Å². The molecule has 0 bridgehead atoms. The van der Waals surface area contributed by atoms with Crippen molar-refractivity contribution in [2.24, 2.45) is 0 Å². The SMILES string of the molecule is c1ccc(-c2nc(-c3ccccc3)nc(-c3ccc4c(c3)sc3cccc(-c5ccc(-c6nc(-c7cccc(-c8ccc9sc%10c(-c%11ccc(-c%12cccc%13c%12sc%12ccc(-c%14nc(-c%15ccccc%15)nc(-c%15ccccc%15)n%14)cc%12%13)cc%11)nc(-c%11ccccc%11)nc%10c9c8)c7)nc7c6sc6ccccc67)cc5)c34)n2)cc1. The molecule has 0 N–H and O–H groups in total. The van der Waals surface area contributed by atoms with Gasteiger partial charge in [-0.05, 0) is 88.0 Å². The minimum absolute atomic E-state index is 0.632. The van der Waals surface area contributed by atoms with Crippen molar-refractivity contribution < 1.29 is 0 Å². The maximum absolute atomic E-state index is 5.54. The number of aromatic nitrogens is 10. The molecule has 22 aromatic rings. The van der Waals surface area contributed by atoms with Crippen LogP contribution in [-0.2, 0) is 0 Å². The lowest BCUT2D eigenvalue weighted by atomic mass is 9.97. The monoisotopic (exact) mass is 1500 g/mol. The molecule has 0 amide bonds. The summed E-state index contributed by atoms with van der Waals surface area (Å²) < 4.78 is 9.17. The van der Waals surface area contributed by atoms with E-state index in [1.807, 2.05) is 139 Å². The Morgan fingerprint density at radius 2 is 0.509 bits per heavy atom. The summed E-state index contributed by atoms with van der Waals surface area (Å²) in [6.07, 6.45) is 0. The predicted octanol–water partition coefficient (Wildman–Crippen LogP) is 26.8. The molecular formula is C98H56N10S4. The van der Waals surface area contributed by atoms with Crippen LogP contribution < -0.4 is 0 Å². The molecule has 0 unspecified atom stereocenters. The summed E-state index contributed by atoms with van der Waals surface area (Å²) in [4.78, 5) is 52.0. The van der Waals surface area contributed by atoms with Crippen LogP contribution >= 0.6 is 45.3 Å². The Hall–Kier alpha value is -13.9. The van der Waals surface area contributed by atoms with Crippen molar-refractivity contribution in [3.8, 4) is 147 Å². The van der Waals surface area contributed by atoms with Crippen molar-refractivity contribution in [3.05, 3.63) is 340 Å². The molecule has 0 radical (unpaired) electrons. The van der Waals surface area contributed by atoms with Gasteiger partial charge in [0.05, 0.1) is 31.8 Å². The number of rotatable bonds is 13. The Balaban J connectivity index is 0.586. The van der Waals surface area contributed by atoms with Crippen LogP contribution in [0.15, 0.2) is 340 Å². The molecule has 0 aliphatic rings. The third kappa shape index (κ3) is 11.6. The molecule has 22 rings (SSSR count). The highest BCUT2D eigenvalue weighted by atomic mass is 32.1. The zero-order valence-corrected chi connectivity index (χ0v) is 62.7. The molecule has 0 aliphatic carbocycles. The highest BCUT2D eigenvalue weighted by Crippen LogP contribution is 2.48. The molecule has 0 saturated carbocycles. The van der Waals surface area contributed by atoms with Crippen LogP contribution in [0.5, 0.6) is 0 Å². The second-order valence-corrected chi connectivity index (χ2v) is 32.0. The Morgan fingerprint density at radius 3 is 1.08 bits per heavy atom. The summed E-state index contributed by atoms with van der Waals surface area (Å²) in [6, 6.07) is 119. The molecular weight excluding hydrogens is 1450 g/mol. The summed E-state index contributed by atoms with van der Waals surface area (Å²) in [6.45, 7) is 0. The summed E-state index contributed by atoms with van der Waals surface area (Å²) in [5.74, 6) is 5.16. The highest BCUT2D eigenvalue weighted by Gasteiger charge is 2.24. The van der Waals surface area contributed by atoms with Gasteiger partial charge in [-0.2, -0.15) is 0 Å². The van der Waals surface area contributed by atoms with Gasteiger partial charge in [0.15, 0.2) is 46.6 Å². The normalized spacial score (nSPS) is 11.8. The smallest absolute Gasteiger partial charge is 0.164 e. The molecule has 522 valence electrons. The zero-order chi connectivity index (χ0) is 73.7. The first-order valence-electron chi connectivity index (χ1n) is 36.9. The summed E-state index contributed by atoms with van der Waals surface area (Å²) in [5, 5.41) is 6.93. The van der Waals surface area contributed by atoms with Gasteiger partial charge in [-0.1, -0.05) is 285 Å². The van der Waals surface area contributed by atoms with E-state index >= 15 is 0 Å². The van der Waals surface area contributed by atoms with Gasteiger partial charge in [0.25, 0.3) is 0 Å². The van der Waals surface area contributed by atoms with Gasteiger partial charge in [-0.3, -0.25) is 0 Å². The second kappa shape index (κ2) is 27.1. The molecule has 0 saturated heterocycles. The Bertz CT molecular complexity index is 7360. The maximum atomic E-state index is 5.54. The predicted molar refractivity (Wildman–Crippen MR) is 467 cm³/mol. The minimum atomic E-state index is 0.632. The first kappa shape index (κ1) is 65.2. The van der Waals surface area contributed by atoms with E-state index in [1.165, 1.54) is 46.1 Å². The largest absolute Gasteiger partial charge is 0.226 e. The fourth-order valence-electron chi connectivity index (χ4n) is 15.3. The van der Waals surface area contributed by atoms with E-state index in [0.717, 1.165) is 135 Å². The topological polar surface area (TPSA) is 129 Å². The van der Waals surface area contributed by atoms with Crippen LogP contribution in [0.3, 0.4) is 0 Å². The Kier molecular flexibility index (Phi) is 15.8. The van der Waals surface area contributed by atoms with E-state index < -0.39 is 0 Å². The van der Waals surface area contributed by atoms with E-state index in [9.17, 15) is 0 Å². The van der Waals surface area contributed by atoms with Crippen LogP contribution in [0.2, 0.25) is 0 Å². The van der Waals surface area contributed by atoms with Crippen molar-refractivity contribution in [3.63, 3.8) is 0 Å².